The molecular formula is C18H23ClN2. The van der Waals surface area contributed by atoms with Crippen molar-refractivity contribution in [2.24, 2.45) is 5.73 Å². The lowest BCUT2D eigenvalue weighted by Crippen LogP contribution is -2.31. The average molecular weight is 303 g/mol. The van der Waals surface area contributed by atoms with Crippen molar-refractivity contribution in [3.05, 3.63) is 64.7 Å². The Bertz CT molecular complexity index is 567. The van der Waals surface area contributed by atoms with Gasteiger partial charge in [0.2, 0.25) is 0 Å². The van der Waals surface area contributed by atoms with Crippen LogP contribution in [0.25, 0.3) is 0 Å². The largest absolute Gasteiger partial charge is 0.365 e. The number of benzene rings is 2. The summed E-state index contributed by atoms with van der Waals surface area (Å²) in [5, 5.41) is 0.802. The van der Waals surface area contributed by atoms with Gasteiger partial charge in [0.1, 0.15) is 0 Å². The van der Waals surface area contributed by atoms with E-state index in [1.54, 1.807) is 0 Å². The van der Waals surface area contributed by atoms with Crippen molar-refractivity contribution in [1.82, 2.24) is 0 Å². The first-order valence-corrected chi connectivity index (χ1v) is 7.79. The van der Waals surface area contributed by atoms with Crippen LogP contribution in [-0.2, 0) is 13.0 Å². The number of halogens is 1. The molecule has 2 N–H and O–H groups in total. The van der Waals surface area contributed by atoms with Crippen LogP contribution in [0, 0.1) is 0 Å². The fourth-order valence-corrected chi connectivity index (χ4v) is 2.80. The van der Waals surface area contributed by atoms with Crippen LogP contribution in [0.2, 0.25) is 5.02 Å². The Hall–Kier alpha value is -1.51. The molecule has 2 nitrogen and oxygen atoms in total. The molecule has 0 bridgehead atoms. The van der Waals surface area contributed by atoms with Crippen molar-refractivity contribution in [3.63, 3.8) is 0 Å². The van der Waals surface area contributed by atoms with Gasteiger partial charge in [-0.3, -0.25) is 0 Å². The molecule has 112 valence electrons. The fraction of sp³-hybridized carbons (Fsp3) is 0.333. The van der Waals surface area contributed by atoms with Crippen LogP contribution in [0.5, 0.6) is 0 Å². The maximum atomic E-state index is 6.38. The maximum absolute atomic E-state index is 6.38. The van der Waals surface area contributed by atoms with E-state index in [9.17, 15) is 0 Å². The molecule has 0 fully saturated rings. The Morgan fingerprint density at radius 2 is 1.76 bits per heavy atom. The van der Waals surface area contributed by atoms with Crippen molar-refractivity contribution in [2.75, 3.05) is 11.4 Å². The summed E-state index contributed by atoms with van der Waals surface area (Å²) >= 11 is 6.38. The van der Waals surface area contributed by atoms with E-state index in [0.29, 0.717) is 12.6 Å². The van der Waals surface area contributed by atoms with Gasteiger partial charge in [-0.1, -0.05) is 48.0 Å². The Morgan fingerprint density at radius 1 is 1.05 bits per heavy atom. The second-order valence-corrected chi connectivity index (χ2v) is 5.89. The van der Waals surface area contributed by atoms with Gasteiger partial charge in [-0.2, -0.15) is 0 Å². The zero-order valence-electron chi connectivity index (χ0n) is 12.7. The molecule has 3 heteroatoms. The molecule has 2 rings (SSSR count). The molecule has 2 aromatic rings. The molecule has 0 aliphatic carbocycles. The number of rotatable bonds is 6. The van der Waals surface area contributed by atoms with Crippen molar-refractivity contribution >= 4 is 17.3 Å². The van der Waals surface area contributed by atoms with Gasteiger partial charge in [0, 0.05) is 23.3 Å². The van der Waals surface area contributed by atoms with Gasteiger partial charge >= 0.3 is 0 Å². The van der Waals surface area contributed by atoms with E-state index in [2.05, 4.69) is 49.1 Å². The third-order valence-corrected chi connectivity index (χ3v) is 3.97. The third kappa shape index (κ3) is 3.99. The highest BCUT2D eigenvalue weighted by molar-refractivity contribution is 6.31. The van der Waals surface area contributed by atoms with E-state index in [4.69, 9.17) is 17.3 Å². The van der Waals surface area contributed by atoms with Crippen molar-refractivity contribution in [1.29, 1.82) is 0 Å². The van der Waals surface area contributed by atoms with Crippen LogP contribution in [-0.4, -0.2) is 12.6 Å². The van der Waals surface area contributed by atoms with Crippen molar-refractivity contribution in [2.45, 2.75) is 32.9 Å². The predicted molar refractivity (Wildman–Crippen MR) is 92.0 cm³/mol. The van der Waals surface area contributed by atoms with Gasteiger partial charge in [0.25, 0.3) is 0 Å². The van der Waals surface area contributed by atoms with Crippen molar-refractivity contribution < 1.29 is 0 Å². The zero-order valence-corrected chi connectivity index (χ0v) is 13.5. The summed E-state index contributed by atoms with van der Waals surface area (Å²) in [5.41, 5.74) is 9.38. The first-order chi connectivity index (χ1) is 10.1. The molecule has 0 heterocycles. The first-order valence-electron chi connectivity index (χ1n) is 7.41. The molecule has 0 aromatic heterocycles. The number of anilines is 1. The van der Waals surface area contributed by atoms with Gasteiger partial charge in [0.15, 0.2) is 0 Å². The number of hydrogen-bond acceptors (Lipinski definition) is 2. The molecule has 21 heavy (non-hydrogen) atoms. The van der Waals surface area contributed by atoms with E-state index in [-0.39, 0.29) is 0 Å². The van der Waals surface area contributed by atoms with Gasteiger partial charge in [-0.25, -0.2) is 0 Å². The summed E-state index contributed by atoms with van der Waals surface area (Å²) < 4.78 is 0. The lowest BCUT2D eigenvalue weighted by Gasteiger charge is -2.31. The number of hydrogen-bond donors (Lipinski definition) is 1. The lowest BCUT2D eigenvalue weighted by atomic mass is 10.1. The molecule has 0 atom stereocenters. The molecule has 0 saturated heterocycles. The first kappa shape index (κ1) is 15.9. The SMILES string of the molecule is CC(C)N(Cc1ccccc1)c1cccc(Cl)c1CCN. The molecule has 0 unspecified atom stereocenters. The predicted octanol–water partition coefficient (Wildman–Crippen LogP) is 4.26. The summed E-state index contributed by atoms with van der Waals surface area (Å²) in [4.78, 5) is 2.38. The highest BCUT2D eigenvalue weighted by Crippen LogP contribution is 2.30. The molecule has 0 amide bonds. The summed E-state index contributed by atoms with van der Waals surface area (Å²) in [5.74, 6) is 0. The third-order valence-electron chi connectivity index (χ3n) is 3.62. The summed E-state index contributed by atoms with van der Waals surface area (Å²) in [6, 6.07) is 17.0. The minimum Gasteiger partial charge on any atom is -0.365 e. The van der Waals surface area contributed by atoms with Gasteiger partial charge in [-0.05, 0) is 50.1 Å². The van der Waals surface area contributed by atoms with E-state index in [1.807, 2.05) is 18.2 Å². The molecule has 0 saturated carbocycles. The highest BCUT2D eigenvalue weighted by Gasteiger charge is 2.16. The quantitative estimate of drug-likeness (QED) is 0.864. The normalized spacial score (nSPS) is 10.9. The van der Waals surface area contributed by atoms with Crippen LogP contribution < -0.4 is 10.6 Å². The van der Waals surface area contributed by atoms with Crippen LogP contribution in [0.3, 0.4) is 0 Å². The van der Waals surface area contributed by atoms with E-state index in [1.165, 1.54) is 11.3 Å². The topological polar surface area (TPSA) is 29.3 Å². The summed E-state index contributed by atoms with van der Waals surface area (Å²) in [6.07, 6.45) is 0.799. The minimum atomic E-state index is 0.389. The monoisotopic (exact) mass is 302 g/mol. The second kappa shape index (κ2) is 7.48. The maximum Gasteiger partial charge on any atom is 0.0459 e. The van der Waals surface area contributed by atoms with E-state index >= 15 is 0 Å². The lowest BCUT2D eigenvalue weighted by molar-refractivity contribution is 0.678. The van der Waals surface area contributed by atoms with Crippen LogP contribution in [0.1, 0.15) is 25.0 Å². The Balaban J connectivity index is 2.37. The van der Waals surface area contributed by atoms with E-state index < -0.39 is 0 Å². The molecule has 0 spiro atoms. The summed E-state index contributed by atoms with van der Waals surface area (Å²) in [6.45, 7) is 5.89. The minimum absolute atomic E-state index is 0.389. The van der Waals surface area contributed by atoms with E-state index in [0.717, 1.165) is 23.6 Å². The van der Waals surface area contributed by atoms with Gasteiger partial charge < -0.3 is 10.6 Å². The molecule has 2 aromatic carbocycles. The Labute approximate surface area is 132 Å². The van der Waals surface area contributed by atoms with Crippen LogP contribution >= 0.6 is 11.6 Å². The average Bonchev–Trinajstić information content (AvgIpc) is 2.48. The highest BCUT2D eigenvalue weighted by atomic mass is 35.5. The number of nitrogens with zero attached hydrogens (tertiary/aromatic N) is 1. The van der Waals surface area contributed by atoms with Crippen LogP contribution in [0.4, 0.5) is 5.69 Å². The zero-order chi connectivity index (χ0) is 15.2. The Kier molecular flexibility index (Phi) is 5.66. The van der Waals surface area contributed by atoms with Crippen molar-refractivity contribution in [3.8, 4) is 0 Å². The molecule has 0 aliphatic rings. The van der Waals surface area contributed by atoms with Gasteiger partial charge in [-0.15, -0.1) is 0 Å². The molecular weight excluding hydrogens is 280 g/mol. The second-order valence-electron chi connectivity index (χ2n) is 5.48. The fourth-order valence-electron chi connectivity index (χ4n) is 2.53. The smallest absolute Gasteiger partial charge is 0.0459 e. The molecule has 0 radical (unpaired) electrons. The van der Waals surface area contributed by atoms with Crippen LogP contribution in [0.15, 0.2) is 48.5 Å². The van der Waals surface area contributed by atoms with Gasteiger partial charge in [0.05, 0.1) is 0 Å². The Morgan fingerprint density at radius 3 is 2.38 bits per heavy atom. The number of nitrogens with two attached hydrogens (primary N) is 1. The standard InChI is InChI=1S/C18H23ClN2/c1-14(2)21(13-15-7-4-3-5-8-15)18-10-6-9-17(19)16(18)11-12-20/h3-10,14H,11-13,20H2,1-2H3. The molecule has 0 aliphatic heterocycles. The summed E-state index contributed by atoms with van der Waals surface area (Å²) in [7, 11) is 0.